The average Bonchev–Trinajstić information content (AvgIpc) is 2.24. The molecule has 0 saturated heterocycles. The summed E-state index contributed by atoms with van der Waals surface area (Å²) in [4.78, 5) is 15.4. The van der Waals surface area contributed by atoms with Crippen LogP contribution in [0, 0.1) is 5.92 Å². The van der Waals surface area contributed by atoms with Gasteiger partial charge in [0.1, 0.15) is 0 Å². The van der Waals surface area contributed by atoms with E-state index in [9.17, 15) is 13.6 Å². The molecule has 1 aliphatic rings. The smallest absolute Gasteiger partial charge is 0.367 e. The minimum absolute atomic E-state index is 0.109. The van der Waals surface area contributed by atoms with Gasteiger partial charge in [-0.15, -0.1) is 0 Å². The van der Waals surface area contributed by atoms with Crippen LogP contribution in [0.2, 0.25) is 0 Å². The molecule has 1 aliphatic heterocycles. The third kappa shape index (κ3) is 3.03. The Balaban J connectivity index is 2.96. The van der Waals surface area contributed by atoms with Crippen LogP contribution in [-0.2, 0) is 9.63 Å². The van der Waals surface area contributed by atoms with Crippen molar-refractivity contribution in [3.8, 4) is 0 Å². The van der Waals surface area contributed by atoms with Crippen molar-refractivity contribution in [3.63, 3.8) is 0 Å². The maximum Gasteiger partial charge on any atom is 0.367 e. The molecular formula is C11H15F2NO3. The molecule has 1 unspecified atom stereocenters. The van der Waals surface area contributed by atoms with E-state index in [1.165, 1.54) is 6.08 Å². The SMILES string of the molecule is CCCC(C(=O)O)C1=CC(F)(F)N(OC)C=C1. The number of allylic oxidation sites excluding steroid dienone is 1. The first-order valence-electron chi connectivity index (χ1n) is 5.27. The van der Waals surface area contributed by atoms with Gasteiger partial charge in [-0.05, 0) is 18.1 Å². The largest absolute Gasteiger partial charge is 0.481 e. The lowest BCUT2D eigenvalue weighted by atomic mass is 9.92. The standard InChI is InChI=1S/C11H15F2NO3/c1-3-4-9(10(15)16)8-5-6-14(17-2)11(12,13)7-8/h5-7,9H,3-4H2,1-2H3,(H,15,16). The van der Waals surface area contributed by atoms with Crippen LogP contribution < -0.4 is 0 Å². The summed E-state index contributed by atoms with van der Waals surface area (Å²) in [5.74, 6) is -1.99. The Hall–Kier alpha value is -1.43. The molecule has 0 aliphatic carbocycles. The maximum absolute atomic E-state index is 13.5. The van der Waals surface area contributed by atoms with E-state index in [0.29, 0.717) is 24.0 Å². The third-order valence-corrected chi connectivity index (χ3v) is 2.51. The van der Waals surface area contributed by atoms with Gasteiger partial charge in [-0.3, -0.25) is 9.63 Å². The second kappa shape index (κ2) is 5.27. The van der Waals surface area contributed by atoms with E-state index < -0.39 is 17.9 Å². The Labute approximate surface area is 98.1 Å². The van der Waals surface area contributed by atoms with Crippen LogP contribution in [0.15, 0.2) is 23.9 Å². The summed E-state index contributed by atoms with van der Waals surface area (Å²) in [5.41, 5.74) is 0.109. The Morgan fingerprint density at radius 2 is 2.29 bits per heavy atom. The monoisotopic (exact) mass is 247 g/mol. The van der Waals surface area contributed by atoms with E-state index >= 15 is 0 Å². The molecule has 1 atom stereocenters. The highest BCUT2D eigenvalue weighted by Crippen LogP contribution is 2.32. The van der Waals surface area contributed by atoms with Gasteiger partial charge in [0.25, 0.3) is 0 Å². The summed E-state index contributed by atoms with van der Waals surface area (Å²) in [7, 11) is 1.12. The molecule has 17 heavy (non-hydrogen) atoms. The van der Waals surface area contributed by atoms with Crippen molar-refractivity contribution in [2.75, 3.05) is 7.11 Å². The zero-order valence-corrected chi connectivity index (χ0v) is 9.69. The topological polar surface area (TPSA) is 49.8 Å². The van der Waals surface area contributed by atoms with Crippen LogP contribution in [-0.4, -0.2) is 29.3 Å². The lowest BCUT2D eigenvalue weighted by Gasteiger charge is -2.29. The number of halogens is 2. The van der Waals surface area contributed by atoms with Gasteiger partial charge in [0, 0.05) is 12.3 Å². The zero-order chi connectivity index (χ0) is 13.1. The number of carboxylic acids is 1. The normalized spacial score (nSPS) is 20.0. The van der Waals surface area contributed by atoms with E-state index in [1.54, 1.807) is 0 Å². The van der Waals surface area contributed by atoms with Gasteiger partial charge in [-0.25, -0.2) is 0 Å². The van der Waals surface area contributed by atoms with Crippen molar-refractivity contribution in [1.82, 2.24) is 5.06 Å². The Morgan fingerprint density at radius 1 is 1.65 bits per heavy atom. The molecule has 1 N–H and O–H groups in total. The second-order valence-electron chi connectivity index (χ2n) is 3.74. The van der Waals surface area contributed by atoms with Crippen LogP contribution in [0.5, 0.6) is 0 Å². The number of carboxylic acid groups (broad SMARTS) is 1. The molecule has 0 aromatic carbocycles. The van der Waals surface area contributed by atoms with E-state index in [1.807, 2.05) is 6.92 Å². The number of alkyl halides is 2. The fourth-order valence-corrected chi connectivity index (χ4v) is 1.69. The number of nitrogens with zero attached hydrogens (tertiary/aromatic N) is 1. The van der Waals surface area contributed by atoms with Crippen molar-refractivity contribution in [2.45, 2.75) is 25.8 Å². The molecule has 0 amide bonds. The van der Waals surface area contributed by atoms with Crippen LogP contribution in [0.1, 0.15) is 19.8 Å². The second-order valence-corrected chi connectivity index (χ2v) is 3.74. The molecule has 96 valence electrons. The van der Waals surface area contributed by atoms with E-state index in [-0.39, 0.29) is 5.57 Å². The van der Waals surface area contributed by atoms with Gasteiger partial charge in [-0.1, -0.05) is 13.3 Å². The first-order chi connectivity index (χ1) is 7.92. The molecule has 0 aromatic heterocycles. The highest BCUT2D eigenvalue weighted by molar-refractivity contribution is 5.74. The van der Waals surface area contributed by atoms with Gasteiger partial charge in [0.15, 0.2) is 0 Å². The van der Waals surface area contributed by atoms with Crippen LogP contribution in [0.25, 0.3) is 0 Å². The summed E-state index contributed by atoms with van der Waals surface area (Å²) in [5, 5.41) is 9.36. The van der Waals surface area contributed by atoms with E-state index in [0.717, 1.165) is 13.3 Å². The Bertz CT molecular complexity index is 353. The fourth-order valence-electron chi connectivity index (χ4n) is 1.69. The van der Waals surface area contributed by atoms with Gasteiger partial charge >= 0.3 is 12.0 Å². The van der Waals surface area contributed by atoms with Crippen LogP contribution in [0.3, 0.4) is 0 Å². The van der Waals surface area contributed by atoms with Crippen molar-refractivity contribution >= 4 is 5.97 Å². The molecule has 0 spiro atoms. The highest BCUT2D eigenvalue weighted by atomic mass is 19.3. The number of aliphatic carboxylic acids is 1. The first-order valence-corrected chi connectivity index (χ1v) is 5.27. The fraction of sp³-hybridized carbons (Fsp3) is 0.545. The minimum atomic E-state index is -3.32. The number of hydrogen-bond donors (Lipinski definition) is 1. The number of hydroxylamine groups is 2. The van der Waals surface area contributed by atoms with Crippen molar-refractivity contribution in [3.05, 3.63) is 23.9 Å². The van der Waals surface area contributed by atoms with Gasteiger partial charge in [0.05, 0.1) is 13.0 Å². The summed E-state index contributed by atoms with van der Waals surface area (Å²) in [6, 6.07) is -3.32. The molecule has 0 fully saturated rings. The van der Waals surface area contributed by atoms with Gasteiger partial charge in [0.2, 0.25) is 0 Å². The molecule has 0 aromatic rings. The van der Waals surface area contributed by atoms with Crippen molar-refractivity contribution < 1.29 is 23.5 Å². The van der Waals surface area contributed by atoms with Gasteiger partial charge < -0.3 is 5.11 Å². The lowest BCUT2D eigenvalue weighted by molar-refractivity contribution is -0.250. The highest BCUT2D eigenvalue weighted by Gasteiger charge is 2.38. The summed E-state index contributed by atoms with van der Waals surface area (Å²) < 4.78 is 26.9. The average molecular weight is 247 g/mol. The minimum Gasteiger partial charge on any atom is -0.481 e. The molecule has 0 saturated carbocycles. The van der Waals surface area contributed by atoms with Crippen molar-refractivity contribution in [1.29, 1.82) is 0 Å². The van der Waals surface area contributed by atoms with Crippen molar-refractivity contribution in [2.24, 2.45) is 5.92 Å². The predicted octanol–water partition coefficient (Wildman–Crippen LogP) is 2.40. The number of rotatable bonds is 5. The summed E-state index contributed by atoms with van der Waals surface area (Å²) in [6.07, 6.45) is 3.96. The van der Waals surface area contributed by atoms with Crippen LogP contribution in [0.4, 0.5) is 8.78 Å². The maximum atomic E-state index is 13.5. The van der Waals surface area contributed by atoms with Gasteiger partial charge in [-0.2, -0.15) is 13.8 Å². The molecule has 1 rings (SSSR count). The molecule has 0 radical (unpaired) electrons. The molecule has 1 heterocycles. The summed E-state index contributed by atoms with van der Waals surface area (Å²) >= 11 is 0. The van der Waals surface area contributed by atoms with E-state index in [4.69, 9.17) is 5.11 Å². The zero-order valence-electron chi connectivity index (χ0n) is 9.69. The Kier molecular flexibility index (Phi) is 4.22. The Morgan fingerprint density at radius 3 is 2.71 bits per heavy atom. The molecule has 4 nitrogen and oxygen atoms in total. The predicted molar refractivity (Wildman–Crippen MR) is 57.1 cm³/mol. The number of hydrogen-bond acceptors (Lipinski definition) is 3. The summed E-state index contributed by atoms with van der Waals surface area (Å²) in [6.45, 7) is 1.81. The quantitative estimate of drug-likeness (QED) is 0.758. The molecule has 0 bridgehead atoms. The third-order valence-electron chi connectivity index (χ3n) is 2.51. The molecular weight excluding hydrogens is 232 g/mol. The number of carbonyl (C=O) groups is 1. The van der Waals surface area contributed by atoms with Crippen LogP contribution >= 0.6 is 0 Å². The molecule has 6 heteroatoms. The van der Waals surface area contributed by atoms with E-state index in [2.05, 4.69) is 4.84 Å². The lowest BCUT2D eigenvalue weighted by Crippen LogP contribution is -2.38. The first kappa shape index (κ1) is 13.6.